The molecular formula is C12H24IN3O. The maximum Gasteiger partial charge on any atom is 0.188 e. The Balaban J connectivity index is 0.00000256. The van der Waals surface area contributed by atoms with E-state index in [4.69, 9.17) is 10.5 Å². The number of nitrogens with one attached hydrogen (secondary N) is 1. The first-order valence-corrected chi connectivity index (χ1v) is 5.81. The molecule has 0 aromatic carbocycles. The fourth-order valence-corrected chi connectivity index (χ4v) is 1.54. The Morgan fingerprint density at radius 1 is 1.53 bits per heavy atom. The molecule has 0 atom stereocenters. The molecule has 5 heteroatoms. The quantitative estimate of drug-likeness (QED) is 0.353. The summed E-state index contributed by atoms with van der Waals surface area (Å²) < 4.78 is 5.24. The van der Waals surface area contributed by atoms with Crippen molar-refractivity contribution in [2.45, 2.75) is 39.2 Å². The molecule has 0 amide bonds. The zero-order valence-electron chi connectivity index (χ0n) is 11.0. The number of rotatable bonds is 3. The molecule has 0 aromatic rings. The number of ether oxygens (including phenoxy) is 1. The average Bonchev–Trinajstić information content (AvgIpc) is 2.16. The second kappa shape index (κ2) is 7.92. The van der Waals surface area contributed by atoms with Crippen LogP contribution in [0.5, 0.6) is 0 Å². The van der Waals surface area contributed by atoms with E-state index in [2.05, 4.69) is 37.2 Å². The molecule has 1 rings (SSSR count). The molecule has 0 aromatic heterocycles. The first-order chi connectivity index (χ1) is 7.47. The highest BCUT2D eigenvalue weighted by atomic mass is 127. The topological polar surface area (TPSA) is 59.6 Å². The molecule has 0 bridgehead atoms. The number of hydrogen-bond donors (Lipinski definition) is 2. The van der Waals surface area contributed by atoms with Gasteiger partial charge in [0, 0.05) is 12.1 Å². The van der Waals surface area contributed by atoms with Crippen LogP contribution in [0.25, 0.3) is 0 Å². The fraction of sp³-hybridized carbons (Fsp3) is 0.750. The fourth-order valence-electron chi connectivity index (χ4n) is 1.54. The van der Waals surface area contributed by atoms with E-state index in [-0.39, 0.29) is 29.5 Å². The predicted octanol–water partition coefficient (Wildman–Crippen LogP) is 2.04. The van der Waals surface area contributed by atoms with E-state index in [1.165, 1.54) is 5.57 Å². The average molecular weight is 353 g/mol. The first kappa shape index (κ1) is 16.7. The highest BCUT2D eigenvalue weighted by molar-refractivity contribution is 14.0. The van der Waals surface area contributed by atoms with Crippen LogP contribution in [-0.2, 0) is 4.74 Å². The van der Waals surface area contributed by atoms with E-state index in [1.807, 2.05) is 0 Å². The number of nitrogens with zero attached hydrogens (tertiary/aromatic N) is 1. The van der Waals surface area contributed by atoms with Crippen LogP contribution in [0.15, 0.2) is 16.6 Å². The summed E-state index contributed by atoms with van der Waals surface area (Å²) in [6.07, 6.45) is 4.16. The van der Waals surface area contributed by atoms with E-state index in [0.717, 1.165) is 32.6 Å². The molecule has 0 aliphatic carbocycles. The summed E-state index contributed by atoms with van der Waals surface area (Å²) in [5, 5.41) is 3.14. The Morgan fingerprint density at radius 2 is 2.24 bits per heavy atom. The van der Waals surface area contributed by atoms with E-state index in [9.17, 15) is 0 Å². The van der Waals surface area contributed by atoms with Crippen molar-refractivity contribution in [2.24, 2.45) is 10.7 Å². The normalized spacial score (nSPS) is 17.1. The van der Waals surface area contributed by atoms with Gasteiger partial charge in [0.05, 0.1) is 13.2 Å². The Morgan fingerprint density at radius 3 is 2.76 bits per heavy atom. The lowest BCUT2D eigenvalue weighted by atomic mass is 10.1. The monoisotopic (exact) mass is 353 g/mol. The van der Waals surface area contributed by atoms with Gasteiger partial charge in [-0.15, -0.1) is 24.0 Å². The summed E-state index contributed by atoms with van der Waals surface area (Å²) in [5.41, 5.74) is 7.18. The van der Waals surface area contributed by atoms with Gasteiger partial charge in [-0.1, -0.05) is 11.6 Å². The lowest BCUT2D eigenvalue weighted by Crippen LogP contribution is -2.45. The summed E-state index contributed by atoms with van der Waals surface area (Å²) in [6, 6.07) is 0. The van der Waals surface area contributed by atoms with Gasteiger partial charge in [-0.05, 0) is 33.6 Å². The van der Waals surface area contributed by atoms with Gasteiger partial charge in [0.25, 0.3) is 0 Å². The third-order valence-electron chi connectivity index (χ3n) is 2.28. The molecule has 1 aliphatic rings. The lowest BCUT2D eigenvalue weighted by molar-refractivity contribution is 0.153. The Hall–Kier alpha value is -0.300. The van der Waals surface area contributed by atoms with Gasteiger partial charge < -0.3 is 15.8 Å². The van der Waals surface area contributed by atoms with E-state index < -0.39 is 0 Å². The number of nitrogens with two attached hydrogens (primary N) is 1. The minimum Gasteiger partial charge on any atom is -0.377 e. The molecule has 17 heavy (non-hydrogen) atoms. The van der Waals surface area contributed by atoms with Crippen LogP contribution >= 0.6 is 24.0 Å². The van der Waals surface area contributed by atoms with E-state index >= 15 is 0 Å². The maximum absolute atomic E-state index is 5.77. The van der Waals surface area contributed by atoms with Gasteiger partial charge in [0.15, 0.2) is 5.96 Å². The number of guanidine groups is 1. The van der Waals surface area contributed by atoms with Crippen LogP contribution in [0.1, 0.15) is 33.6 Å². The molecule has 0 saturated heterocycles. The van der Waals surface area contributed by atoms with Crippen LogP contribution in [-0.4, -0.2) is 31.3 Å². The molecule has 0 radical (unpaired) electrons. The Bertz CT molecular complexity index is 282. The number of halogens is 1. The molecule has 0 unspecified atom stereocenters. The summed E-state index contributed by atoms with van der Waals surface area (Å²) >= 11 is 0. The predicted molar refractivity (Wildman–Crippen MR) is 82.9 cm³/mol. The van der Waals surface area contributed by atoms with E-state index in [1.54, 1.807) is 0 Å². The van der Waals surface area contributed by atoms with Crippen molar-refractivity contribution in [3.63, 3.8) is 0 Å². The van der Waals surface area contributed by atoms with Crippen LogP contribution < -0.4 is 11.1 Å². The van der Waals surface area contributed by atoms with Crippen LogP contribution in [0, 0.1) is 0 Å². The molecule has 0 saturated carbocycles. The van der Waals surface area contributed by atoms with Crippen molar-refractivity contribution < 1.29 is 4.74 Å². The van der Waals surface area contributed by atoms with Crippen LogP contribution in [0.3, 0.4) is 0 Å². The van der Waals surface area contributed by atoms with Crippen molar-refractivity contribution in [3.05, 3.63) is 11.6 Å². The maximum atomic E-state index is 5.77. The van der Waals surface area contributed by atoms with Crippen molar-refractivity contribution in [3.8, 4) is 0 Å². The lowest BCUT2D eigenvalue weighted by Gasteiger charge is -2.21. The Labute approximate surface area is 121 Å². The molecule has 1 heterocycles. The third kappa shape index (κ3) is 8.43. The smallest absolute Gasteiger partial charge is 0.188 e. The molecule has 3 N–H and O–H groups in total. The summed E-state index contributed by atoms with van der Waals surface area (Å²) in [7, 11) is 0. The Kier molecular flexibility index (Phi) is 7.78. The van der Waals surface area contributed by atoms with Gasteiger partial charge in [-0.3, -0.25) is 4.99 Å². The molecule has 4 nitrogen and oxygen atoms in total. The largest absolute Gasteiger partial charge is 0.377 e. The van der Waals surface area contributed by atoms with Crippen molar-refractivity contribution >= 4 is 29.9 Å². The van der Waals surface area contributed by atoms with Gasteiger partial charge in [0.2, 0.25) is 0 Å². The van der Waals surface area contributed by atoms with Gasteiger partial charge in [-0.25, -0.2) is 0 Å². The first-order valence-electron chi connectivity index (χ1n) is 5.81. The zero-order valence-corrected chi connectivity index (χ0v) is 13.3. The van der Waals surface area contributed by atoms with Gasteiger partial charge in [0.1, 0.15) is 0 Å². The third-order valence-corrected chi connectivity index (χ3v) is 2.28. The minimum atomic E-state index is -0.0223. The summed E-state index contributed by atoms with van der Waals surface area (Å²) in [4.78, 5) is 4.31. The molecule has 0 fully saturated rings. The molecule has 100 valence electrons. The standard InChI is InChI=1S/C12H23N3O.HI/c1-12(2,3)15-11(13)14-7-4-10-5-8-16-9-6-10;/h5H,4,6-9H2,1-3H3,(H3,13,14,15);1H. The summed E-state index contributed by atoms with van der Waals surface area (Å²) in [5.74, 6) is 0.528. The highest BCUT2D eigenvalue weighted by Crippen LogP contribution is 2.11. The molecular weight excluding hydrogens is 329 g/mol. The van der Waals surface area contributed by atoms with Gasteiger partial charge >= 0.3 is 0 Å². The summed E-state index contributed by atoms with van der Waals surface area (Å²) in [6.45, 7) is 8.53. The second-order valence-corrected chi connectivity index (χ2v) is 5.08. The second-order valence-electron chi connectivity index (χ2n) is 5.08. The highest BCUT2D eigenvalue weighted by Gasteiger charge is 2.09. The number of aliphatic imine (C=N–C) groups is 1. The SMILES string of the molecule is CC(C)(C)NC(N)=NCCC1=CCOCC1.I. The van der Waals surface area contributed by atoms with Crippen molar-refractivity contribution in [2.75, 3.05) is 19.8 Å². The van der Waals surface area contributed by atoms with Crippen molar-refractivity contribution in [1.29, 1.82) is 0 Å². The van der Waals surface area contributed by atoms with E-state index in [0.29, 0.717) is 5.96 Å². The number of hydrogen-bond acceptors (Lipinski definition) is 2. The minimum absolute atomic E-state index is 0. The van der Waals surface area contributed by atoms with Crippen LogP contribution in [0.4, 0.5) is 0 Å². The zero-order chi connectivity index (χ0) is 12.0. The molecule has 0 spiro atoms. The molecule has 1 aliphatic heterocycles. The van der Waals surface area contributed by atoms with Crippen molar-refractivity contribution in [1.82, 2.24) is 5.32 Å². The van der Waals surface area contributed by atoms with Crippen LogP contribution in [0.2, 0.25) is 0 Å². The van der Waals surface area contributed by atoms with Gasteiger partial charge in [-0.2, -0.15) is 0 Å².